The lowest BCUT2D eigenvalue weighted by Gasteiger charge is -2.00. The topological polar surface area (TPSA) is 48.1 Å². The third-order valence-electron chi connectivity index (χ3n) is 1.34. The normalized spacial score (nSPS) is 8.85. The lowest BCUT2D eigenvalue weighted by molar-refractivity contribution is 0.396. The minimum absolute atomic E-state index is 0.301. The Morgan fingerprint density at radius 3 is 3.08 bits per heavy atom. The van der Waals surface area contributed by atoms with Gasteiger partial charge in [0, 0.05) is 6.20 Å². The zero-order valence-corrected chi connectivity index (χ0v) is 7.93. The van der Waals surface area contributed by atoms with Gasteiger partial charge in [0.2, 0.25) is 5.88 Å². The molecule has 1 rings (SSSR count). The maximum Gasteiger partial charge on any atom is 0.229 e. The second kappa shape index (κ2) is 4.70. The molecule has 0 saturated carbocycles. The number of nitrogens with two attached hydrogens (primary N) is 1. The first-order valence-electron chi connectivity index (χ1n) is 3.66. The molecule has 2 N–H and O–H groups in total. The molecule has 1 aromatic heterocycles. The number of methoxy groups -OCH3 is 1. The highest BCUT2D eigenvalue weighted by molar-refractivity contribution is 6.30. The summed E-state index contributed by atoms with van der Waals surface area (Å²) >= 11 is 5.74. The zero-order chi connectivity index (χ0) is 9.68. The van der Waals surface area contributed by atoms with Crippen molar-refractivity contribution in [2.45, 2.75) is 0 Å². The fourth-order valence-electron chi connectivity index (χ4n) is 0.825. The minimum atomic E-state index is 0.301. The van der Waals surface area contributed by atoms with Crippen LogP contribution in [-0.2, 0) is 0 Å². The van der Waals surface area contributed by atoms with E-state index in [-0.39, 0.29) is 0 Å². The predicted octanol–water partition coefficient (Wildman–Crippen LogP) is 1.05. The van der Waals surface area contributed by atoms with E-state index in [1.807, 2.05) is 0 Å². The van der Waals surface area contributed by atoms with Gasteiger partial charge in [-0.3, -0.25) is 0 Å². The summed E-state index contributed by atoms with van der Waals surface area (Å²) in [6, 6.07) is 1.69. The molecule has 0 aliphatic heterocycles. The maximum atomic E-state index is 5.74. The summed E-state index contributed by atoms with van der Waals surface area (Å²) in [5.74, 6) is 5.99. The summed E-state index contributed by atoms with van der Waals surface area (Å²) < 4.78 is 4.98. The molecule has 3 nitrogen and oxygen atoms in total. The summed E-state index contributed by atoms with van der Waals surface area (Å²) in [6.07, 6.45) is 1.51. The molecular weight excluding hydrogens is 188 g/mol. The van der Waals surface area contributed by atoms with E-state index in [1.54, 1.807) is 6.07 Å². The van der Waals surface area contributed by atoms with Crippen LogP contribution >= 0.6 is 11.6 Å². The van der Waals surface area contributed by atoms with Gasteiger partial charge in [-0.25, -0.2) is 4.98 Å². The molecule has 0 fully saturated rings. The first-order chi connectivity index (χ1) is 6.27. The molecule has 0 spiro atoms. The lowest BCUT2D eigenvalue weighted by Crippen LogP contribution is -1.95. The Morgan fingerprint density at radius 2 is 2.46 bits per heavy atom. The Bertz CT molecular complexity index is 354. The van der Waals surface area contributed by atoms with Crippen molar-refractivity contribution in [2.24, 2.45) is 5.73 Å². The molecule has 0 atom stereocenters. The third kappa shape index (κ3) is 2.62. The molecule has 68 valence electrons. The van der Waals surface area contributed by atoms with Crippen LogP contribution in [0.3, 0.4) is 0 Å². The highest BCUT2D eigenvalue weighted by Crippen LogP contribution is 2.17. The number of hydrogen-bond acceptors (Lipinski definition) is 3. The van der Waals surface area contributed by atoms with E-state index in [4.69, 9.17) is 22.1 Å². The molecular formula is C9H9ClN2O. The van der Waals surface area contributed by atoms with Crippen LogP contribution in [0.2, 0.25) is 5.02 Å². The van der Waals surface area contributed by atoms with E-state index in [9.17, 15) is 0 Å². The number of ether oxygens (including phenoxy) is 1. The van der Waals surface area contributed by atoms with Crippen LogP contribution in [0.1, 0.15) is 5.56 Å². The van der Waals surface area contributed by atoms with E-state index in [2.05, 4.69) is 16.8 Å². The molecule has 4 heteroatoms. The first-order valence-corrected chi connectivity index (χ1v) is 4.04. The summed E-state index contributed by atoms with van der Waals surface area (Å²) in [6.45, 7) is 0.301. The van der Waals surface area contributed by atoms with E-state index >= 15 is 0 Å². The van der Waals surface area contributed by atoms with Crippen molar-refractivity contribution in [1.82, 2.24) is 4.98 Å². The number of pyridine rings is 1. The quantitative estimate of drug-likeness (QED) is 0.684. The van der Waals surface area contributed by atoms with Crippen molar-refractivity contribution in [3.8, 4) is 17.7 Å². The SMILES string of the molecule is COc1ncc(Cl)cc1C#CCN. The monoisotopic (exact) mass is 196 g/mol. The van der Waals surface area contributed by atoms with Gasteiger partial charge in [0.15, 0.2) is 0 Å². The van der Waals surface area contributed by atoms with Crippen molar-refractivity contribution in [2.75, 3.05) is 13.7 Å². The van der Waals surface area contributed by atoms with Gasteiger partial charge in [-0.15, -0.1) is 0 Å². The average molecular weight is 197 g/mol. The van der Waals surface area contributed by atoms with E-state index in [0.29, 0.717) is 23.0 Å². The highest BCUT2D eigenvalue weighted by Gasteiger charge is 2.01. The van der Waals surface area contributed by atoms with Gasteiger partial charge in [-0.05, 0) is 6.07 Å². The van der Waals surface area contributed by atoms with Crippen LogP contribution in [0.25, 0.3) is 0 Å². The van der Waals surface area contributed by atoms with E-state index in [1.165, 1.54) is 13.3 Å². The second-order valence-corrected chi connectivity index (χ2v) is 2.65. The number of hydrogen-bond donors (Lipinski definition) is 1. The molecule has 1 heterocycles. The number of halogens is 1. The number of rotatable bonds is 1. The molecule has 0 aliphatic rings. The van der Waals surface area contributed by atoms with Crippen LogP contribution < -0.4 is 10.5 Å². The van der Waals surface area contributed by atoms with Crippen molar-refractivity contribution in [3.63, 3.8) is 0 Å². The average Bonchev–Trinajstić information content (AvgIpc) is 2.15. The van der Waals surface area contributed by atoms with Gasteiger partial charge in [-0.1, -0.05) is 23.4 Å². The highest BCUT2D eigenvalue weighted by atomic mass is 35.5. The molecule has 0 bridgehead atoms. The van der Waals surface area contributed by atoms with E-state index in [0.717, 1.165) is 0 Å². The number of nitrogens with zero attached hydrogens (tertiary/aromatic N) is 1. The van der Waals surface area contributed by atoms with Crippen molar-refractivity contribution < 1.29 is 4.74 Å². The van der Waals surface area contributed by atoms with Crippen LogP contribution in [0, 0.1) is 11.8 Å². The largest absolute Gasteiger partial charge is 0.480 e. The molecule has 1 aromatic rings. The zero-order valence-electron chi connectivity index (χ0n) is 7.17. The first kappa shape index (κ1) is 9.85. The summed E-state index contributed by atoms with van der Waals surface area (Å²) in [5.41, 5.74) is 5.89. The van der Waals surface area contributed by atoms with Gasteiger partial charge >= 0.3 is 0 Å². The maximum absolute atomic E-state index is 5.74. The summed E-state index contributed by atoms with van der Waals surface area (Å²) in [5, 5.41) is 0.530. The Kier molecular flexibility index (Phi) is 3.56. The minimum Gasteiger partial charge on any atom is -0.480 e. The third-order valence-corrected chi connectivity index (χ3v) is 1.54. The van der Waals surface area contributed by atoms with Crippen LogP contribution in [0.5, 0.6) is 5.88 Å². The van der Waals surface area contributed by atoms with E-state index < -0.39 is 0 Å². The molecule has 0 aliphatic carbocycles. The molecule has 0 saturated heterocycles. The van der Waals surface area contributed by atoms with Crippen molar-refractivity contribution in [3.05, 3.63) is 22.8 Å². The molecule has 13 heavy (non-hydrogen) atoms. The standard InChI is InChI=1S/C9H9ClN2O/c1-13-9-7(3-2-4-11)5-8(10)6-12-9/h5-6H,4,11H2,1H3. The lowest BCUT2D eigenvalue weighted by atomic mass is 10.3. The van der Waals surface area contributed by atoms with Gasteiger partial charge in [0.25, 0.3) is 0 Å². The molecule has 0 amide bonds. The molecule has 0 radical (unpaired) electrons. The van der Waals surface area contributed by atoms with Gasteiger partial charge in [0.1, 0.15) is 0 Å². The summed E-state index contributed by atoms with van der Waals surface area (Å²) in [7, 11) is 1.53. The summed E-state index contributed by atoms with van der Waals surface area (Å²) in [4.78, 5) is 3.95. The number of aromatic nitrogens is 1. The Hall–Kier alpha value is -1.24. The van der Waals surface area contributed by atoms with Crippen molar-refractivity contribution >= 4 is 11.6 Å². The fraction of sp³-hybridized carbons (Fsp3) is 0.222. The van der Waals surface area contributed by atoms with Gasteiger partial charge in [0.05, 0.1) is 24.2 Å². The second-order valence-electron chi connectivity index (χ2n) is 2.22. The van der Waals surface area contributed by atoms with Gasteiger partial charge < -0.3 is 10.5 Å². The Morgan fingerprint density at radius 1 is 1.69 bits per heavy atom. The molecule has 0 aromatic carbocycles. The van der Waals surface area contributed by atoms with Crippen LogP contribution in [-0.4, -0.2) is 18.6 Å². The van der Waals surface area contributed by atoms with Gasteiger partial charge in [-0.2, -0.15) is 0 Å². The molecule has 0 unspecified atom stereocenters. The van der Waals surface area contributed by atoms with Crippen LogP contribution in [0.15, 0.2) is 12.3 Å². The smallest absolute Gasteiger partial charge is 0.229 e. The fourth-order valence-corrected chi connectivity index (χ4v) is 0.983. The van der Waals surface area contributed by atoms with Crippen LogP contribution in [0.4, 0.5) is 0 Å². The predicted molar refractivity (Wildman–Crippen MR) is 51.7 cm³/mol. The Labute approximate surface area is 81.9 Å². The van der Waals surface area contributed by atoms with Crippen molar-refractivity contribution in [1.29, 1.82) is 0 Å². The Balaban J connectivity index is 3.08.